The first-order chi connectivity index (χ1) is 5.66. The number of nitrogens with two attached hydrogens (primary N) is 1. The van der Waals surface area contributed by atoms with Gasteiger partial charge in [-0.2, -0.15) is 0 Å². The van der Waals surface area contributed by atoms with Gasteiger partial charge in [0, 0.05) is 6.04 Å². The summed E-state index contributed by atoms with van der Waals surface area (Å²) in [6, 6.07) is 0.837. The Kier molecular flexibility index (Phi) is 7.96. The van der Waals surface area contributed by atoms with Crippen molar-refractivity contribution in [1.29, 1.82) is 0 Å². The molecule has 1 saturated carbocycles. The Bertz CT molecular complexity index is 118. The van der Waals surface area contributed by atoms with E-state index >= 15 is 0 Å². The fourth-order valence-corrected chi connectivity index (χ4v) is 1.39. The van der Waals surface area contributed by atoms with Crippen molar-refractivity contribution in [3.63, 3.8) is 0 Å². The molecule has 0 heterocycles. The summed E-state index contributed by atoms with van der Waals surface area (Å²) in [6.07, 6.45) is 7.13. The lowest BCUT2D eigenvalue weighted by Gasteiger charge is -2.20. The second-order valence-corrected chi connectivity index (χ2v) is 4.19. The van der Waals surface area contributed by atoms with Gasteiger partial charge in [-0.25, -0.2) is 0 Å². The minimum Gasteiger partial charge on any atom is -0.385 e. The van der Waals surface area contributed by atoms with Crippen LogP contribution < -0.4 is 11.1 Å². The average molecular weight is 206 g/mol. The van der Waals surface area contributed by atoms with Gasteiger partial charge in [0.25, 0.3) is 0 Å². The van der Waals surface area contributed by atoms with Gasteiger partial charge in [-0.1, -0.05) is 31.5 Å². The van der Waals surface area contributed by atoms with E-state index in [9.17, 15) is 0 Å². The molecule has 0 saturated heterocycles. The quantitative estimate of drug-likeness (QED) is 0.451. The van der Waals surface area contributed by atoms with Crippen LogP contribution in [0.3, 0.4) is 0 Å². The summed E-state index contributed by atoms with van der Waals surface area (Å²) < 4.78 is 0.194. The van der Waals surface area contributed by atoms with Gasteiger partial charge < -0.3 is 11.1 Å². The van der Waals surface area contributed by atoms with Crippen LogP contribution in [0.25, 0.3) is 0 Å². The zero-order valence-electron chi connectivity index (χ0n) is 7.55. The molecule has 0 atom stereocenters. The van der Waals surface area contributed by atoms with Crippen molar-refractivity contribution in [1.82, 2.24) is 5.32 Å². The van der Waals surface area contributed by atoms with E-state index in [4.69, 9.17) is 5.73 Å². The van der Waals surface area contributed by atoms with Crippen LogP contribution in [-0.4, -0.2) is 17.4 Å². The molecule has 1 aliphatic rings. The number of nitrogens with one attached hydrogen (secondary N) is 1. The number of thiol groups is 1. The molecule has 0 aromatic rings. The molecule has 0 bridgehead atoms. The van der Waals surface area contributed by atoms with Crippen molar-refractivity contribution >= 4 is 29.2 Å². The molecule has 0 aromatic heterocycles. The van der Waals surface area contributed by atoms with Crippen LogP contribution in [0.2, 0.25) is 0 Å². The summed E-state index contributed by atoms with van der Waals surface area (Å²) in [5.74, 6) is 0. The van der Waals surface area contributed by atoms with E-state index in [1.54, 1.807) is 0 Å². The zero-order chi connectivity index (χ0) is 9.40. The first kappa shape index (κ1) is 12.2. The fourth-order valence-electron chi connectivity index (χ4n) is 1.39. The summed E-state index contributed by atoms with van der Waals surface area (Å²) >= 11 is 7.65. The lowest BCUT2D eigenvalue weighted by Crippen LogP contribution is -2.26. The van der Waals surface area contributed by atoms with Crippen LogP contribution in [0, 0.1) is 0 Å². The first-order valence-corrected chi connectivity index (χ1v) is 5.18. The van der Waals surface area contributed by atoms with E-state index in [0.717, 1.165) is 6.04 Å². The standard InChI is InChI=1S/C7H15N.CH3NS2/c1-8-7-5-3-2-4-6-7;2-1(3)4/h7-8H,2-6H2,1H3;(H3,2,3,4). The summed E-state index contributed by atoms with van der Waals surface area (Å²) in [5.41, 5.74) is 4.71. The molecule has 0 aromatic carbocycles. The molecule has 12 heavy (non-hydrogen) atoms. The molecule has 0 amide bonds. The molecule has 1 rings (SSSR count). The highest BCUT2D eigenvalue weighted by Gasteiger charge is 2.09. The number of thiocarbonyl (C=S) groups is 1. The molecule has 4 heteroatoms. The smallest absolute Gasteiger partial charge is 0.128 e. The lowest BCUT2D eigenvalue weighted by atomic mass is 9.96. The maximum absolute atomic E-state index is 4.71. The van der Waals surface area contributed by atoms with Crippen LogP contribution in [0.5, 0.6) is 0 Å². The summed E-state index contributed by atoms with van der Waals surface area (Å²) in [5, 5.41) is 3.30. The Labute approximate surface area is 85.7 Å². The predicted octanol–water partition coefficient (Wildman–Crippen LogP) is 1.70. The largest absolute Gasteiger partial charge is 0.385 e. The van der Waals surface area contributed by atoms with Gasteiger partial charge in [-0.05, 0) is 19.9 Å². The second-order valence-electron chi connectivity index (χ2n) is 2.96. The molecule has 72 valence electrons. The minimum atomic E-state index is 0.194. The molecular formula is C8H18N2S2. The summed E-state index contributed by atoms with van der Waals surface area (Å²) in [4.78, 5) is 0. The highest BCUT2D eigenvalue weighted by Crippen LogP contribution is 2.16. The Morgan fingerprint density at radius 3 is 2.08 bits per heavy atom. The Balaban J connectivity index is 0.000000261. The van der Waals surface area contributed by atoms with Gasteiger partial charge in [0.2, 0.25) is 0 Å². The molecule has 1 fully saturated rings. The van der Waals surface area contributed by atoms with Crippen LogP contribution in [0.15, 0.2) is 0 Å². The van der Waals surface area contributed by atoms with Crippen molar-refractivity contribution < 1.29 is 0 Å². The molecule has 0 spiro atoms. The van der Waals surface area contributed by atoms with Crippen molar-refractivity contribution in [2.24, 2.45) is 5.73 Å². The van der Waals surface area contributed by atoms with E-state index in [-0.39, 0.29) is 4.32 Å². The van der Waals surface area contributed by atoms with Gasteiger partial charge in [0.15, 0.2) is 0 Å². The number of rotatable bonds is 1. The Morgan fingerprint density at radius 2 is 1.83 bits per heavy atom. The van der Waals surface area contributed by atoms with E-state index in [1.807, 2.05) is 0 Å². The minimum absolute atomic E-state index is 0.194. The monoisotopic (exact) mass is 206 g/mol. The topological polar surface area (TPSA) is 38.0 Å². The molecular weight excluding hydrogens is 188 g/mol. The van der Waals surface area contributed by atoms with Crippen LogP contribution in [-0.2, 0) is 0 Å². The summed E-state index contributed by atoms with van der Waals surface area (Å²) in [6.45, 7) is 0. The molecule has 3 N–H and O–H groups in total. The molecule has 2 nitrogen and oxygen atoms in total. The van der Waals surface area contributed by atoms with Gasteiger partial charge in [-0.3, -0.25) is 0 Å². The van der Waals surface area contributed by atoms with E-state index in [1.165, 1.54) is 32.1 Å². The zero-order valence-corrected chi connectivity index (χ0v) is 9.26. The average Bonchev–Trinajstić information content (AvgIpc) is 2.05. The molecule has 1 aliphatic carbocycles. The third-order valence-electron chi connectivity index (χ3n) is 2.01. The SMILES string of the molecule is CNC1CCCCC1.NC(=S)S. The highest BCUT2D eigenvalue weighted by atomic mass is 32.1. The molecule has 0 aliphatic heterocycles. The molecule has 0 radical (unpaired) electrons. The van der Waals surface area contributed by atoms with Gasteiger partial charge >= 0.3 is 0 Å². The number of hydrogen-bond donors (Lipinski definition) is 3. The van der Waals surface area contributed by atoms with E-state index in [2.05, 4.69) is 37.2 Å². The maximum atomic E-state index is 4.71. The first-order valence-electron chi connectivity index (χ1n) is 4.32. The maximum Gasteiger partial charge on any atom is 0.128 e. The van der Waals surface area contributed by atoms with Crippen molar-refractivity contribution in [3.05, 3.63) is 0 Å². The van der Waals surface area contributed by atoms with Crippen LogP contribution in [0.4, 0.5) is 0 Å². The van der Waals surface area contributed by atoms with Crippen molar-refractivity contribution in [2.45, 2.75) is 38.1 Å². The van der Waals surface area contributed by atoms with Gasteiger partial charge in [0.1, 0.15) is 4.32 Å². The third kappa shape index (κ3) is 8.30. The van der Waals surface area contributed by atoms with E-state index in [0.29, 0.717) is 0 Å². The number of hydrogen-bond acceptors (Lipinski definition) is 2. The van der Waals surface area contributed by atoms with Gasteiger partial charge in [0.05, 0.1) is 0 Å². The third-order valence-corrected chi connectivity index (χ3v) is 2.01. The Morgan fingerprint density at radius 1 is 1.42 bits per heavy atom. The molecule has 0 unspecified atom stereocenters. The lowest BCUT2D eigenvalue weighted by molar-refractivity contribution is 0.394. The normalized spacial score (nSPS) is 17.8. The predicted molar refractivity (Wildman–Crippen MR) is 61.7 cm³/mol. The van der Waals surface area contributed by atoms with E-state index < -0.39 is 0 Å². The fraction of sp³-hybridized carbons (Fsp3) is 0.875. The summed E-state index contributed by atoms with van der Waals surface area (Å²) in [7, 11) is 2.07. The second kappa shape index (κ2) is 7.83. The van der Waals surface area contributed by atoms with Gasteiger partial charge in [-0.15, -0.1) is 12.6 Å². The van der Waals surface area contributed by atoms with Crippen LogP contribution >= 0.6 is 24.8 Å². The van der Waals surface area contributed by atoms with Crippen molar-refractivity contribution in [3.8, 4) is 0 Å². The Hall–Kier alpha value is 0.200. The van der Waals surface area contributed by atoms with Crippen molar-refractivity contribution in [2.75, 3.05) is 7.05 Å². The van der Waals surface area contributed by atoms with Crippen LogP contribution in [0.1, 0.15) is 32.1 Å². The highest BCUT2D eigenvalue weighted by molar-refractivity contribution is 8.10.